The number of nitrogens with one attached hydrogen (secondary N) is 2. The second kappa shape index (κ2) is 10.5. The van der Waals surface area contributed by atoms with Crippen LogP contribution >= 0.6 is 0 Å². The third-order valence-corrected chi connectivity index (χ3v) is 2.53. The van der Waals surface area contributed by atoms with Crippen molar-refractivity contribution in [2.75, 3.05) is 13.1 Å². The minimum Gasteiger partial charge on any atom is -0.356 e. The van der Waals surface area contributed by atoms with E-state index in [-0.39, 0.29) is 24.1 Å². The number of ketones is 1. The normalized spacial score (nSPS) is 10.3. The van der Waals surface area contributed by atoms with E-state index in [0.29, 0.717) is 25.3 Å². The quantitative estimate of drug-likeness (QED) is 0.589. The van der Waals surface area contributed by atoms with E-state index < -0.39 is 0 Å². The molecule has 5 nitrogen and oxygen atoms in total. The van der Waals surface area contributed by atoms with Gasteiger partial charge in [-0.2, -0.15) is 0 Å². The highest BCUT2D eigenvalue weighted by atomic mass is 16.2. The Balaban J connectivity index is 3.38. The second-order valence-electron chi connectivity index (χ2n) is 5.24. The molecule has 0 rings (SSSR count). The SMILES string of the molecule is CC(=O)CNC(=O)CCCCCNC(=O)CC(C)C. The largest absolute Gasteiger partial charge is 0.356 e. The molecule has 0 saturated carbocycles. The maximum atomic E-state index is 11.3. The summed E-state index contributed by atoms with van der Waals surface area (Å²) in [5, 5.41) is 5.41. The van der Waals surface area contributed by atoms with Crippen molar-refractivity contribution in [3.05, 3.63) is 0 Å². The summed E-state index contributed by atoms with van der Waals surface area (Å²) < 4.78 is 0. The van der Waals surface area contributed by atoms with E-state index in [1.807, 2.05) is 13.8 Å². The van der Waals surface area contributed by atoms with Crippen LogP contribution in [0, 0.1) is 5.92 Å². The molecular formula is C14H26N2O3. The van der Waals surface area contributed by atoms with Crippen LogP contribution in [0.2, 0.25) is 0 Å². The van der Waals surface area contributed by atoms with Crippen LogP contribution in [0.3, 0.4) is 0 Å². The van der Waals surface area contributed by atoms with Gasteiger partial charge in [0.1, 0.15) is 5.78 Å². The van der Waals surface area contributed by atoms with Crippen LogP contribution in [0.1, 0.15) is 52.9 Å². The molecule has 0 aliphatic heterocycles. The lowest BCUT2D eigenvalue weighted by Gasteiger charge is -2.07. The molecule has 0 aliphatic carbocycles. The Bertz CT molecular complexity index is 301. The van der Waals surface area contributed by atoms with Crippen molar-refractivity contribution in [3.8, 4) is 0 Å². The first-order valence-corrected chi connectivity index (χ1v) is 6.94. The van der Waals surface area contributed by atoms with Crippen molar-refractivity contribution >= 4 is 17.6 Å². The molecule has 0 aromatic rings. The topological polar surface area (TPSA) is 75.3 Å². The smallest absolute Gasteiger partial charge is 0.220 e. The minimum absolute atomic E-state index is 0.0405. The van der Waals surface area contributed by atoms with Gasteiger partial charge in [-0.15, -0.1) is 0 Å². The first-order valence-electron chi connectivity index (χ1n) is 6.94. The molecule has 110 valence electrons. The Morgan fingerprint density at radius 3 is 2.21 bits per heavy atom. The zero-order valence-electron chi connectivity index (χ0n) is 12.3. The molecular weight excluding hydrogens is 244 g/mol. The number of rotatable bonds is 10. The molecule has 0 radical (unpaired) electrons. The average molecular weight is 270 g/mol. The first kappa shape index (κ1) is 17.6. The zero-order valence-corrected chi connectivity index (χ0v) is 12.3. The lowest BCUT2D eigenvalue weighted by molar-refractivity contribution is -0.124. The van der Waals surface area contributed by atoms with E-state index >= 15 is 0 Å². The van der Waals surface area contributed by atoms with E-state index in [1.165, 1.54) is 6.92 Å². The van der Waals surface area contributed by atoms with Crippen LogP contribution in [0.15, 0.2) is 0 Å². The molecule has 0 saturated heterocycles. The van der Waals surface area contributed by atoms with Crippen molar-refractivity contribution in [1.82, 2.24) is 10.6 Å². The fourth-order valence-electron chi connectivity index (χ4n) is 1.57. The third kappa shape index (κ3) is 12.9. The Kier molecular flexibility index (Phi) is 9.75. The minimum atomic E-state index is -0.0842. The van der Waals surface area contributed by atoms with E-state index in [1.54, 1.807) is 0 Å². The molecule has 5 heteroatoms. The molecule has 0 fully saturated rings. The Morgan fingerprint density at radius 1 is 0.947 bits per heavy atom. The summed E-state index contributed by atoms with van der Waals surface area (Å²) in [5.74, 6) is 0.347. The van der Waals surface area contributed by atoms with Crippen LogP contribution in [0.25, 0.3) is 0 Å². The lowest BCUT2D eigenvalue weighted by atomic mass is 10.1. The standard InChI is InChI=1S/C14H26N2O3/c1-11(2)9-14(19)15-8-6-4-5-7-13(18)16-10-12(3)17/h11H,4-10H2,1-3H3,(H,15,19)(H,16,18). The average Bonchev–Trinajstić information content (AvgIpc) is 2.30. The van der Waals surface area contributed by atoms with Gasteiger partial charge < -0.3 is 10.6 Å². The highest BCUT2D eigenvalue weighted by Crippen LogP contribution is 2.00. The van der Waals surface area contributed by atoms with Gasteiger partial charge in [-0.1, -0.05) is 20.3 Å². The predicted octanol–water partition coefficient (Wildman–Crippen LogP) is 1.41. The molecule has 0 unspecified atom stereocenters. The molecule has 0 heterocycles. The van der Waals surface area contributed by atoms with Crippen molar-refractivity contribution in [3.63, 3.8) is 0 Å². The number of hydrogen-bond acceptors (Lipinski definition) is 3. The fourth-order valence-corrected chi connectivity index (χ4v) is 1.57. The lowest BCUT2D eigenvalue weighted by Crippen LogP contribution is -2.28. The van der Waals surface area contributed by atoms with Gasteiger partial charge >= 0.3 is 0 Å². The molecule has 0 aromatic carbocycles. The number of amides is 2. The van der Waals surface area contributed by atoms with Crippen molar-refractivity contribution in [1.29, 1.82) is 0 Å². The van der Waals surface area contributed by atoms with Gasteiger partial charge in [-0.25, -0.2) is 0 Å². The highest BCUT2D eigenvalue weighted by molar-refractivity contribution is 5.84. The van der Waals surface area contributed by atoms with E-state index in [4.69, 9.17) is 0 Å². The number of carbonyl (C=O) groups excluding carboxylic acids is 3. The summed E-state index contributed by atoms with van der Waals surface area (Å²) in [6, 6.07) is 0. The van der Waals surface area contributed by atoms with Crippen molar-refractivity contribution in [2.24, 2.45) is 5.92 Å². The van der Waals surface area contributed by atoms with Crippen LogP contribution in [0.5, 0.6) is 0 Å². The van der Waals surface area contributed by atoms with Gasteiger partial charge in [0.15, 0.2) is 0 Å². The van der Waals surface area contributed by atoms with Crippen LogP contribution in [-0.2, 0) is 14.4 Å². The van der Waals surface area contributed by atoms with Gasteiger partial charge in [0.25, 0.3) is 0 Å². The van der Waals surface area contributed by atoms with Crippen molar-refractivity contribution < 1.29 is 14.4 Å². The molecule has 19 heavy (non-hydrogen) atoms. The number of unbranched alkanes of at least 4 members (excludes halogenated alkanes) is 2. The molecule has 0 bridgehead atoms. The van der Waals surface area contributed by atoms with E-state index in [9.17, 15) is 14.4 Å². The highest BCUT2D eigenvalue weighted by Gasteiger charge is 2.04. The van der Waals surface area contributed by atoms with Gasteiger partial charge in [0.05, 0.1) is 6.54 Å². The van der Waals surface area contributed by atoms with Crippen molar-refractivity contribution in [2.45, 2.75) is 52.9 Å². The maximum absolute atomic E-state index is 11.3. The van der Waals surface area contributed by atoms with Crippen LogP contribution in [0.4, 0.5) is 0 Å². The summed E-state index contributed by atoms with van der Waals surface area (Å²) in [6.45, 7) is 6.25. The number of carbonyl (C=O) groups is 3. The fraction of sp³-hybridized carbons (Fsp3) is 0.786. The van der Waals surface area contributed by atoms with Crippen LogP contribution < -0.4 is 10.6 Å². The first-order chi connectivity index (χ1) is 8.91. The van der Waals surface area contributed by atoms with Gasteiger partial charge in [-0.3, -0.25) is 14.4 Å². The second-order valence-corrected chi connectivity index (χ2v) is 5.24. The Labute approximate surface area is 115 Å². The van der Waals surface area contributed by atoms with Gasteiger partial charge in [0.2, 0.25) is 11.8 Å². The molecule has 2 N–H and O–H groups in total. The van der Waals surface area contributed by atoms with E-state index in [0.717, 1.165) is 19.3 Å². The monoisotopic (exact) mass is 270 g/mol. The zero-order chi connectivity index (χ0) is 14.7. The third-order valence-electron chi connectivity index (χ3n) is 2.53. The molecule has 0 spiro atoms. The van der Waals surface area contributed by atoms with Gasteiger partial charge in [0, 0.05) is 19.4 Å². The van der Waals surface area contributed by atoms with Crippen LogP contribution in [-0.4, -0.2) is 30.7 Å². The molecule has 0 aromatic heterocycles. The summed E-state index contributed by atoms with van der Waals surface area (Å²) >= 11 is 0. The number of Topliss-reactive ketones (excluding diaryl/α,β-unsaturated/α-hetero) is 1. The molecule has 2 amide bonds. The summed E-state index contributed by atoms with van der Waals surface area (Å²) in [7, 11) is 0. The summed E-state index contributed by atoms with van der Waals surface area (Å²) in [5.41, 5.74) is 0. The summed E-state index contributed by atoms with van der Waals surface area (Å²) in [4.78, 5) is 33.3. The van der Waals surface area contributed by atoms with E-state index in [2.05, 4.69) is 10.6 Å². The molecule has 0 aliphatic rings. The molecule has 0 atom stereocenters. The Hall–Kier alpha value is -1.39. The maximum Gasteiger partial charge on any atom is 0.220 e. The predicted molar refractivity (Wildman–Crippen MR) is 74.6 cm³/mol. The van der Waals surface area contributed by atoms with Gasteiger partial charge in [-0.05, 0) is 25.7 Å². The number of hydrogen-bond donors (Lipinski definition) is 2. The Morgan fingerprint density at radius 2 is 1.63 bits per heavy atom. The summed E-state index contributed by atoms with van der Waals surface area (Å²) in [6.07, 6.45) is 3.56.